The highest BCUT2D eigenvalue weighted by atomic mass is 16.2. The summed E-state index contributed by atoms with van der Waals surface area (Å²) in [5, 5.41) is 9.84. The lowest BCUT2D eigenvalue weighted by Crippen LogP contribution is -2.41. The lowest BCUT2D eigenvalue weighted by Gasteiger charge is -2.27. The molecule has 8 nitrogen and oxygen atoms in total. The molecule has 0 saturated heterocycles. The fourth-order valence-corrected chi connectivity index (χ4v) is 3.47. The van der Waals surface area contributed by atoms with E-state index < -0.39 is 0 Å². The van der Waals surface area contributed by atoms with Gasteiger partial charge >= 0.3 is 5.69 Å². The number of fused-ring (bicyclic) bond motifs is 1. The SMILES string of the molecule is O=C(c1cccnc1NC1CCCC1)N1CCn2c(n[nH]c2=O)C1. The number of aromatic nitrogens is 4. The molecule has 0 spiro atoms. The van der Waals surface area contributed by atoms with Gasteiger partial charge in [0.2, 0.25) is 0 Å². The molecule has 2 N–H and O–H groups in total. The number of nitrogens with one attached hydrogen (secondary N) is 2. The Balaban J connectivity index is 1.55. The Morgan fingerprint density at radius 2 is 2.12 bits per heavy atom. The van der Waals surface area contributed by atoms with Gasteiger partial charge in [0.1, 0.15) is 5.82 Å². The summed E-state index contributed by atoms with van der Waals surface area (Å²) in [6.07, 6.45) is 6.38. The van der Waals surface area contributed by atoms with Crippen LogP contribution in [-0.2, 0) is 13.1 Å². The second-order valence-electron chi connectivity index (χ2n) is 6.35. The quantitative estimate of drug-likeness (QED) is 0.875. The van der Waals surface area contributed by atoms with Crippen LogP contribution in [0.5, 0.6) is 0 Å². The lowest BCUT2D eigenvalue weighted by atomic mass is 10.2. The standard InChI is InChI=1S/C16H20N6O2/c23-15(21-8-9-22-13(10-21)19-20-16(22)24)12-6-3-7-17-14(12)18-11-4-1-2-5-11/h3,6-7,11H,1-2,4-5,8-10H2,(H,17,18)(H,20,24). The largest absolute Gasteiger partial charge is 0.367 e. The summed E-state index contributed by atoms with van der Waals surface area (Å²) in [7, 11) is 0. The Hall–Kier alpha value is -2.64. The molecule has 0 aromatic carbocycles. The zero-order chi connectivity index (χ0) is 16.5. The van der Waals surface area contributed by atoms with Crippen molar-refractivity contribution in [2.45, 2.75) is 44.8 Å². The fraction of sp³-hybridized carbons (Fsp3) is 0.500. The Bertz CT molecular complexity index is 805. The van der Waals surface area contributed by atoms with E-state index in [0.29, 0.717) is 42.9 Å². The molecular weight excluding hydrogens is 308 g/mol. The van der Waals surface area contributed by atoms with Crippen molar-refractivity contribution < 1.29 is 4.79 Å². The first-order valence-corrected chi connectivity index (χ1v) is 8.37. The average molecular weight is 328 g/mol. The zero-order valence-electron chi connectivity index (χ0n) is 13.4. The molecule has 1 saturated carbocycles. The van der Waals surface area contributed by atoms with Crippen molar-refractivity contribution in [1.82, 2.24) is 24.6 Å². The molecule has 0 radical (unpaired) electrons. The van der Waals surface area contributed by atoms with E-state index in [9.17, 15) is 9.59 Å². The minimum absolute atomic E-state index is 0.0784. The minimum Gasteiger partial charge on any atom is -0.367 e. The van der Waals surface area contributed by atoms with Gasteiger partial charge in [-0.05, 0) is 25.0 Å². The van der Waals surface area contributed by atoms with Crippen molar-refractivity contribution in [3.63, 3.8) is 0 Å². The van der Waals surface area contributed by atoms with Gasteiger partial charge in [0.05, 0.1) is 12.1 Å². The van der Waals surface area contributed by atoms with Gasteiger partial charge in [-0.2, -0.15) is 5.10 Å². The van der Waals surface area contributed by atoms with Crippen LogP contribution >= 0.6 is 0 Å². The molecule has 4 rings (SSSR count). The third-order valence-corrected chi connectivity index (χ3v) is 4.78. The first kappa shape index (κ1) is 14.9. The second-order valence-corrected chi connectivity index (χ2v) is 6.35. The molecule has 0 atom stereocenters. The van der Waals surface area contributed by atoms with E-state index in [1.165, 1.54) is 12.8 Å². The van der Waals surface area contributed by atoms with Crippen LogP contribution in [0.25, 0.3) is 0 Å². The van der Waals surface area contributed by atoms with Gasteiger partial charge in [-0.25, -0.2) is 14.9 Å². The van der Waals surface area contributed by atoms with Gasteiger partial charge in [-0.3, -0.25) is 9.36 Å². The fourth-order valence-electron chi connectivity index (χ4n) is 3.47. The second kappa shape index (κ2) is 6.10. The number of aromatic amines is 1. The molecular formula is C16H20N6O2. The highest BCUT2D eigenvalue weighted by molar-refractivity contribution is 5.98. The molecule has 3 heterocycles. The number of rotatable bonds is 3. The van der Waals surface area contributed by atoms with E-state index in [1.54, 1.807) is 27.8 Å². The maximum Gasteiger partial charge on any atom is 0.343 e. The maximum absolute atomic E-state index is 12.9. The minimum atomic E-state index is -0.220. The van der Waals surface area contributed by atoms with Crippen LogP contribution in [0.4, 0.5) is 5.82 Å². The van der Waals surface area contributed by atoms with E-state index in [0.717, 1.165) is 12.8 Å². The van der Waals surface area contributed by atoms with Gasteiger partial charge in [-0.1, -0.05) is 12.8 Å². The summed E-state index contributed by atoms with van der Waals surface area (Å²) in [4.78, 5) is 30.6. The van der Waals surface area contributed by atoms with E-state index in [2.05, 4.69) is 20.5 Å². The van der Waals surface area contributed by atoms with Crippen LogP contribution < -0.4 is 11.0 Å². The smallest absolute Gasteiger partial charge is 0.343 e. The number of nitrogens with zero attached hydrogens (tertiary/aromatic N) is 4. The number of H-pyrrole nitrogens is 1. The zero-order valence-corrected chi connectivity index (χ0v) is 13.4. The van der Waals surface area contributed by atoms with Crippen molar-refractivity contribution in [2.24, 2.45) is 0 Å². The normalized spacial score (nSPS) is 17.8. The highest BCUT2D eigenvalue weighted by Crippen LogP contribution is 2.24. The molecule has 1 aliphatic carbocycles. The number of anilines is 1. The lowest BCUT2D eigenvalue weighted by molar-refractivity contribution is 0.0707. The van der Waals surface area contributed by atoms with Crippen molar-refractivity contribution in [3.05, 3.63) is 40.2 Å². The molecule has 24 heavy (non-hydrogen) atoms. The van der Waals surface area contributed by atoms with Crippen LogP contribution in [0.2, 0.25) is 0 Å². The first-order chi connectivity index (χ1) is 11.7. The summed E-state index contributed by atoms with van der Waals surface area (Å²) in [5.74, 6) is 1.17. The molecule has 0 unspecified atom stereocenters. The van der Waals surface area contributed by atoms with Crippen molar-refractivity contribution in [1.29, 1.82) is 0 Å². The van der Waals surface area contributed by atoms with Crippen molar-refractivity contribution in [2.75, 3.05) is 11.9 Å². The summed E-state index contributed by atoms with van der Waals surface area (Å²) in [5.41, 5.74) is 0.359. The van der Waals surface area contributed by atoms with Gasteiger partial charge in [0, 0.05) is 25.3 Å². The average Bonchev–Trinajstić information content (AvgIpc) is 3.25. The Kier molecular flexibility index (Phi) is 3.79. The molecule has 2 aliphatic rings. The predicted octanol–water partition coefficient (Wildman–Crippen LogP) is 0.977. The van der Waals surface area contributed by atoms with Gasteiger partial charge in [-0.15, -0.1) is 0 Å². The summed E-state index contributed by atoms with van der Waals surface area (Å²) < 4.78 is 1.57. The molecule has 126 valence electrons. The van der Waals surface area contributed by atoms with Gasteiger partial charge in [0.25, 0.3) is 5.91 Å². The highest BCUT2D eigenvalue weighted by Gasteiger charge is 2.27. The molecule has 0 bridgehead atoms. The van der Waals surface area contributed by atoms with Crippen LogP contribution in [-0.4, -0.2) is 43.1 Å². The van der Waals surface area contributed by atoms with E-state index in [-0.39, 0.29) is 11.6 Å². The maximum atomic E-state index is 12.9. The van der Waals surface area contributed by atoms with Gasteiger partial charge < -0.3 is 10.2 Å². The first-order valence-electron chi connectivity index (χ1n) is 8.37. The topological polar surface area (TPSA) is 95.9 Å². The van der Waals surface area contributed by atoms with Crippen LogP contribution in [0.3, 0.4) is 0 Å². The number of amides is 1. The Morgan fingerprint density at radius 3 is 2.96 bits per heavy atom. The number of carbonyl (C=O) groups excluding carboxylic acids is 1. The van der Waals surface area contributed by atoms with E-state index in [4.69, 9.17) is 0 Å². The van der Waals surface area contributed by atoms with Crippen molar-refractivity contribution in [3.8, 4) is 0 Å². The van der Waals surface area contributed by atoms with Crippen LogP contribution in [0.15, 0.2) is 23.1 Å². The monoisotopic (exact) mass is 328 g/mol. The number of hydrogen-bond acceptors (Lipinski definition) is 5. The Labute approximate surface area is 138 Å². The molecule has 1 fully saturated rings. The van der Waals surface area contributed by atoms with E-state index >= 15 is 0 Å². The molecule has 8 heteroatoms. The summed E-state index contributed by atoms with van der Waals surface area (Å²) in [6, 6.07) is 3.98. The third-order valence-electron chi connectivity index (χ3n) is 4.78. The number of carbonyl (C=O) groups is 1. The van der Waals surface area contributed by atoms with E-state index in [1.807, 2.05) is 0 Å². The predicted molar refractivity (Wildman–Crippen MR) is 87.7 cm³/mol. The van der Waals surface area contributed by atoms with Crippen LogP contribution in [0.1, 0.15) is 41.9 Å². The van der Waals surface area contributed by atoms with Crippen molar-refractivity contribution >= 4 is 11.7 Å². The van der Waals surface area contributed by atoms with Gasteiger partial charge in [0.15, 0.2) is 5.82 Å². The molecule has 2 aromatic heterocycles. The Morgan fingerprint density at radius 1 is 1.29 bits per heavy atom. The molecule has 2 aromatic rings. The van der Waals surface area contributed by atoms with Crippen LogP contribution in [0, 0.1) is 0 Å². The summed E-state index contributed by atoms with van der Waals surface area (Å²) in [6.45, 7) is 1.28. The molecule has 1 amide bonds. The summed E-state index contributed by atoms with van der Waals surface area (Å²) >= 11 is 0. The number of hydrogen-bond donors (Lipinski definition) is 2. The molecule has 1 aliphatic heterocycles. The third kappa shape index (κ3) is 2.68. The number of pyridine rings is 1.